The zero-order chi connectivity index (χ0) is 4.83. The lowest BCUT2D eigenvalue weighted by Crippen LogP contribution is -1.70. The summed E-state index contributed by atoms with van der Waals surface area (Å²) in [6, 6.07) is 0. The number of rotatable bonds is 3. The van der Waals surface area contributed by atoms with E-state index in [0.29, 0.717) is 0 Å². The van der Waals surface area contributed by atoms with Crippen molar-refractivity contribution in [2.75, 3.05) is 5.75 Å². The highest BCUT2D eigenvalue weighted by molar-refractivity contribution is 7.80. The molecular formula is C5H13ClS. The average molecular weight is 141 g/mol. The third kappa shape index (κ3) is 10.8. The predicted molar refractivity (Wildman–Crippen MR) is 40.6 cm³/mol. The Labute approximate surface area is 57.5 Å². The summed E-state index contributed by atoms with van der Waals surface area (Å²) < 4.78 is 0. The normalized spacial score (nSPS) is 7.71. The van der Waals surface area contributed by atoms with Crippen LogP contribution in [0.1, 0.15) is 26.2 Å². The molecule has 0 unspecified atom stereocenters. The van der Waals surface area contributed by atoms with Gasteiger partial charge in [0.15, 0.2) is 0 Å². The molecule has 0 spiro atoms. The van der Waals surface area contributed by atoms with Crippen LogP contribution in [0.5, 0.6) is 0 Å². The average Bonchev–Trinajstić information content (AvgIpc) is 1.61. The van der Waals surface area contributed by atoms with Crippen LogP contribution >= 0.6 is 25.0 Å². The first-order chi connectivity index (χ1) is 2.91. The van der Waals surface area contributed by atoms with Crippen LogP contribution in [0.3, 0.4) is 0 Å². The first-order valence-electron chi connectivity index (χ1n) is 2.52. The van der Waals surface area contributed by atoms with Gasteiger partial charge in [0.25, 0.3) is 0 Å². The van der Waals surface area contributed by atoms with Crippen molar-refractivity contribution in [1.82, 2.24) is 0 Å². The Morgan fingerprint density at radius 1 is 1.29 bits per heavy atom. The Balaban J connectivity index is 0. The molecule has 0 aromatic heterocycles. The molecule has 0 radical (unpaired) electrons. The summed E-state index contributed by atoms with van der Waals surface area (Å²) in [4.78, 5) is 0. The Morgan fingerprint density at radius 3 is 2.00 bits per heavy atom. The smallest absolute Gasteiger partial charge is 0.00979 e. The minimum atomic E-state index is 0. The van der Waals surface area contributed by atoms with E-state index in [2.05, 4.69) is 19.6 Å². The van der Waals surface area contributed by atoms with Crippen LogP contribution in [0, 0.1) is 0 Å². The Morgan fingerprint density at radius 2 is 1.86 bits per heavy atom. The van der Waals surface area contributed by atoms with Gasteiger partial charge >= 0.3 is 0 Å². The molecule has 2 heteroatoms. The van der Waals surface area contributed by atoms with E-state index in [1.807, 2.05) is 0 Å². The molecule has 0 aliphatic rings. The highest BCUT2D eigenvalue weighted by Gasteiger charge is 1.75. The van der Waals surface area contributed by atoms with Crippen molar-refractivity contribution in [3.05, 3.63) is 0 Å². The predicted octanol–water partition coefficient (Wildman–Crippen LogP) is 2.53. The third-order valence-electron chi connectivity index (χ3n) is 0.762. The third-order valence-corrected chi connectivity index (χ3v) is 1.08. The molecule has 0 N–H and O–H groups in total. The summed E-state index contributed by atoms with van der Waals surface area (Å²) >= 11 is 4.05. The van der Waals surface area contributed by atoms with Crippen molar-refractivity contribution in [2.24, 2.45) is 0 Å². The molecule has 0 aromatic rings. The first-order valence-corrected chi connectivity index (χ1v) is 3.16. The minimum Gasteiger partial charge on any atom is -0.179 e. The van der Waals surface area contributed by atoms with Crippen LogP contribution in [0.25, 0.3) is 0 Å². The van der Waals surface area contributed by atoms with Crippen molar-refractivity contribution in [2.45, 2.75) is 26.2 Å². The van der Waals surface area contributed by atoms with Gasteiger partial charge in [0.05, 0.1) is 0 Å². The SMILES string of the molecule is CCCCCS.Cl. The van der Waals surface area contributed by atoms with Crippen LogP contribution < -0.4 is 0 Å². The highest BCUT2D eigenvalue weighted by atomic mass is 35.5. The second-order valence-corrected chi connectivity index (χ2v) is 1.88. The van der Waals surface area contributed by atoms with Crippen LogP contribution in [0.4, 0.5) is 0 Å². The first kappa shape index (κ1) is 10.6. The number of thiol groups is 1. The zero-order valence-electron chi connectivity index (χ0n) is 4.68. The zero-order valence-corrected chi connectivity index (χ0v) is 6.39. The highest BCUT2D eigenvalue weighted by Crippen LogP contribution is 1.93. The van der Waals surface area contributed by atoms with Gasteiger partial charge in [-0.15, -0.1) is 12.4 Å². The maximum Gasteiger partial charge on any atom is -0.00979 e. The Bertz CT molecular complexity index is 20.0. The van der Waals surface area contributed by atoms with Crippen LogP contribution in [-0.4, -0.2) is 5.75 Å². The summed E-state index contributed by atoms with van der Waals surface area (Å²) in [5.41, 5.74) is 0. The van der Waals surface area contributed by atoms with E-state index < -0.39 is 0 Å². The Hall–Kier alpha value is 0.640. The summed E-state index contributed by atoms with van der Waals surface area (Å²) in [5.74, 6) is 1.05. The van der Waals surface area contributed by atoms with Crippen molar-refractivity contribution < 1.29 is 0 Å². The molecule has 0 aliphatic heterocycles. The van der Waals surface area contributed by atoms with Gasteiger partial charge < -0.3 is 0 Å². The van der Waals surface area contributed by atoms with Crippen LogP contribution in [0.15, 0.2) is 0 Å². The molecule has 0 fully saturated rings. The standard InChI is InChI=1S/C5H12S.ClH/c1-2-3-4-5-6;/h6H,2-5H2,1H3;1H. The molecule has 0 atom stereocenters. The monoisotopic (exact) mass is 140 g/mol. The number of unbranched alkanes of at least 4 members (excludes halogenated alkanes) is 2. The molecule has 0 saturated heterocycles. The fraction of sp³-hybridized carbons (Fsp3) is 1.00. The fourth-order valence-corrected chi connectivity index (χ4v) is 0.585. The molecule has 0 saturated carbocycles. The fourth-order valence-electron chi connectivity index (χ4n) is 0.362. The van der Waals surface area contributed by atoms with Gasteiger partial charge in [-0.2, -0.15) is 12.6 Å². The molecular weight excluding hydrogens is 128 g/mol. The molecule has 0 aromatic carbocycles. The molecule has 0 amide bonds. The maximum atomic E-state index is 4.05. The second-order valence-electron chi connectivity index (χ2n) is 1.43. The lowest BCUT2D eigenvalue weighted by Gasteiger charge is -1.85. The van der Waals surface area contributed by atoms with E-state index in [-0.39, 0.29) is 12.4 Å². The maximum absolute atomic E-state index is 4.05. The molecule has 0 bridgehead atoms. The molecule has 46 valence electrons. The van der Waals surface area contributed by atoms with Crippen molar-refractivity contribution >= 4 is 25.0 Å². The van der Waals surface area contributed by atoms with Gasteiger partial charge in [0, 0.05) is 0 Å². The number of hydrogen-bond donors (Lipinski definition) is 1. The molecule has 0 nitrogen and oxygen atoms in total. The van der Waals surface area contributed by atoms with Crippen LogP contribution in [-0.2, 0) is 0 Å². The van der Waals surface area contributed by atoms with Gasteiger partial charge in [-0.05, 0) is 12.2 Å². The molecule has 0 aliphatic carbocycles. The van der Waals surface area contributed by atoms with Gasteiger partial charge in [0.1, 0.15) is 0 Å². The largest absolute Gasteiger partial charge is 0.179 e. The van der Waals surface area contributed by atoms with E-state index >= 15 is 0 Å². The lowest BCUT2D eigenvalue weighted by atomic mass is 10.3. The van der Waals surface area contributed by atoms with Crippen molar-refractivity contribution in [3.63, 3.8) is 0 Å². The van der Waals surface area contributed by atoms with E-state index in [4.69, 9.17) is 0 Å². The second kappa shape index (κ2) is 9.81. The van der Waals surface area contributed by atoms with Gasteiger partial charge in [0.2, 0.25) is 0 Å². The van der Waals surface area contributed by atoms with Gasteiger partial charge in [-0.3, -0.25) is 0 Å². The molecule has 0 heterocycles. The van der Waals surface area contributed by atoms with Crippen LogP contribution in [0.2, 0.25) is 0 Å². The van der Waals surface area contributed by atoms with Crippen molar-refractivity contribution in [1.29, 1.82) is 0 Å². The van der Waals surface area contributed by atoms with Crippen molar-refractivity contribution in [3.8, 4) is 0 Å². The van der Waals surface area contributed by atoms with E-state index in [9.17, 15) is 0 Å². The van der Waals surface area contributed by atoms with Gasteiger partial charge in [-0.1, -0.05) is 19.8 Å². The van der Waals surface area contributed by atoms with E-state index in [0.717, 1.165) is 5.75 Å². The number of halogens is 1. The summed E-state index contributed by atoms with van der Waals surface area (Å²) in [6.07, 6.45) is 3.92. The number of hydrogen-bond acceptors (Lipinski definition) is 1. The summed E-state index contributed by atoms with van der Waals surface area (Å²) in [7, 11) is 0. The topological polar surface area (TPSA) is 0 Å². The summed E-state index contributed by atoms with van der Waals surface area (Å²) in [5, 5.41) is 0. The van der Waals surface area contributed by atoms with E-state index in [1.165, 1.54) is 19.3 Å². The molecule has 7 heavy (non-hydrogen) atoms. The van der Waals surface area contributed by atoms with E-state index in [1.54, 1.807) is 0 Å². The Kier molecular flexibility index (Phi) is 14.8. The minimum absolute atomic E-state index is 0. The lowest BCUT2D eigenvalue weighted by molar-refractivity contribution is 0.780. The quantitative estimate of drug-likeness (QED) is 0.452. The molecule has 0 rings (SSSR count). The van der Waals surface area contributed by atoms with Gasteiger partial charge in [-0.25, -0.2) is 0 Å². The summed E-state index contributed by atoms with van der Waals surface area (Å²) in [6.45, 7) is 2.20.